The van der Waals surface area contributed by atoms with Gasteiger partial charge in [-0.15, -0.1) is 11.3 Å². The minimum Gasteiger partial charge on any atom is -0.465 e. The molecule has 3 rings (SSSR count). The highest BCUT2D eigenvalue weighted by Gasteiger charge is 2.33. The predicted molar refractivity (Wildman–Crippen MR) is 104 cm³/mol. The molecule has 1 aliphatic heterocycles. The molecule has 0 aromatic carbocycles. The van der Waals surface area contributed by atoms with Crippen LogP contribution in [0.3, 0.4) is 0 Å². The number of ether oxygens (including phenoxy) is 3. The topological polar surface area (TPSA) is 65.1 Å². The largest absolute Gasteiger partial charge is 0.465 e. The number of methoxy groups -OCH3 is 1. The molecule has 2 fully saturated rings. The van der Waals surface area contributed by atoms with Crippen LogP contribution in [0.5, 0.6) is 0 Å². The van der Waals surface area contributed by atoms with Crippen LogP contribution in [0.25, 0.3) is 0 Å². The molecule has 2 aliphatic rings. The van der Waals surface area contributed by atoms with Gasteiger partial charge in [0.25, 0.3) is 0 Å². The lowest BCUT2D eigenvalue weighted by atomic mass is 9.91. The zero-order valence-corrected chi connectivity index (χ0v) is 17.0. The molecule has 6 nitrogen and oxygen atoms in total. The average Bonchev–Trinajstić information content (AvgIpc) is 3.18. The van der Waals surface area contributed by atoms with Gasteiger partial charge in [0.15, 0.2) is 6.29 Å². The Hall–Kier alpha value is -1.44. The maximum absolute atomic E-state index is 12.7. The second-order valence-corrected chi connectivity index (χ2v) is 8.02. The lowest BCUT2D eigenvalue weighted by Gasteiger charge is -2.38. The van der Waals surface area contributed by atoms with Crippen LogP contribution < -0.4 is 4.90 Å². The minimum atomic E-state index is -0.389. The molecular formula is C20H29NO5S. The number of rotatable bonds is 6. The molecular weight excluding hydrogens is 366 g/mol. The molecule has 150 valence electrons. The molecule has 1 aliphatic carbocycles. The highest BCUT2D eigenvalue weighted by molar-refractivity contribution is 7.12. The maximum Gasteiger partial charge on any atom is 0.350 e. The van der Waals surface area contributed by atoms with Gasteiger partial charge >= 0.3 is 5.97 Å². The van der Waals surface area contributed by atoms with E-state index in [1.807, 2.05) is 23.3 Å². The highest BCUT2D eigenvalue weighted by Crippen LogP contribution is 2.35. The lowest BCUT2D eigenvalue weighted by Crippen LogP contribution is -2.44. The van der Waals surface area contributed by atoms with Crippen molar-refractivity contribution in [2.24, 2.45) is 0 Å². The van der Waals surface area contributed by atoms with E-state index in [-0.39, 0.29) is 30.3 Å². The zero-order valence-electron chi connectivity index (χ0n) is 16.1. The van der Waals surface area contributed by atoms with E-state index in [0.29, 0.717) is 17.0 Å². The summed E-state index contributed by atoms with van der Waals surface area (Å²) >= 11 is 1.32. The lowest BCUT2D eigenvalue weighted by molar-refractivity contribution is -0.193. The van der Waals surface area contributed by atoms with Crippen LogP contribution in [0.15, 0.2) is 11.4 Å². The Morgan fingerprint density at radius 2 is 2.00 bits per heavy atom. The number of hydrogen-bond donors (Lipinski definition) is 0. The van der Waals surface area contributed by atoms with Crippen molar-refractivity contribution >= 4 is 28.9 Å². The first kappa shape index (κ1) is 20.3. The van der Waals surface area contributed by atoms with Crippen molar-refractivity contribution in [1.29, 1.82) is 0 Å². The summed E-state index contributed by atoms with van der Waals surface area (Å²) in [7, 11) is 1.37. The van der Waals surface area contributed by atoms with Gasteiger partial charge in [-0.05, 0) is 56.4 Å². The van der Waals surface area contributed by atoms with Crippen molar-refractivity contribution in [1.82, 2.24) is 0 Å². The van der Waals surface area contributed by atoms with E-state index < -0.39 is 0 Å². The van der Waals surface area contributed by atoms with Crippen molar-refractivity contribution in [3.63, 3.8) is 0 Å². The van der Waals surface area contributed by atoms with Gasteiger partial charge in [0.2, 0.25) is 5.91 Å². The van der Waals surface area contributed by atoms with Crippen LogP contribution in [0.4, 0.5) is 5.69 Å². The Bertz CT molecular complexity index is 632. The monoisotopic (exact) mass is 395 g/mol. The Morgan fingerprint density at radius 1 is 1.22 bits per heavy atom. The molecule has 7 heteroatoms. The van der Waals surface area contributed by atoms with Gasteiger partial charge in [-0.1, -0.05) is 6.92 Å². The van der Waals surface area contributed by atoms with Crippen molar-refractivity contribution in [2.75, 3.05) is 18.6 Å². The molecule has 1 saturated carbocycles. The van der Waals surface area contributed by atoms with E-state index >= 15 is 0 Å². The Morgan fingerprint density at radius 3 is 2.63 bits per heavy atom. The van der Waals surface area contributed by atoms with Gasteiger partial charge in [0, 0.05) is 19.1 Å². The quantitative estimate of drug-likeness (QED) is 0.678. The van der Waals surface area contributed by atoms with E-state index in [0.717, 1.165) is 51.6 Å². The van der Waals surface area contributed by atoms with Crippen molar-refractivity contribution in [3.8, 4) is 0 Å². The Labute approximate surface area is 164 Å². The summed E-state index contributed by atoms with van der Waals surface area (Å²) in [5.74, 6) is -0.348. The fraction of sp³-hybridized carbons (Fsp3) is 0.700. The van der Waals surface area contributed by atoms with E-state index in [4.69, 9.17) is 14.2 Å². The van der Waals surface area contributed by atoms with Crippen molar-refractivity contribution in [3.05, 3.63) is 16.3 Å². The molecule has 0 N–H and O–H groups in total. The van der Waals surface area contributed by atoms with E-state index in [1.54, 1.807) is 0 Å². The van der Waals surface area contributed by atoms with E-state index in [1.165, 1.54) is 18.4 Å². The summed E-state index contributed by atoms with van der Waals surface area (Å²) in [6.07, 6.45) is 7.28. The van der Waals surface area contributed by atoms with Gasteiger partial charge in [-0.3, -0.25) is 4.79 Å². The Balaban J connectivity index is 1.66. The third kappa shape index (κ3) is 4.89. The number of hydrogen-bond acceptors (Lipinski definition) is 6. The summed E-state index contributed by atoms with van der Waals surface area (Å²) in [5, 5.41) is 1.84. The van der Waals surface area contributed by atoms with Gasteiger partial charge in [-0.2, -0.15) is 0 Å². The maximum atomic E-state index is 12.7. The number of carbonyl (C=O) groups excluding carboxylic acids is 2. The number of thiophene rings is 1. The second-order valence-electron chi connectivity index (χ2n) is 7.11. The number of nitrogens with zero attached hydrogens (tertiary/aromatic N) is 1. The normalized spacial score (nSPS) is 25.8. The molecule has 1 atom stereocenters. The molecule has 1 amide bonds. The number of esters is 1. The van der Waals surface area contributed by atoms with Crippen molar-refractivity contribution in [2.45, 2.75) is 76.7 Å². The van der Waals surface area contributed by atoms with Crippen LogP contribution in [-0.2, 0) is 19.0 Å². The number of carbonyl (C=O) groups is 2. The van der Waals surface area contributed by atoms with Gasteiger partial charge in [-0.25, -0.2) is 4.79 Å². The average molecular weight is 396 g/mol. The summed E-state index contributed by atoms with van der Waals surface area (Å²) in [6.45, 7) is 2.64. The van der Waals surface area contributed by atoms with E-state index in [9.17, 15) is 9.59 Å². The summed E-state index contributed by atoms with van der Waals surface area (Å²) in [5.41, 5.74) is 0.679. The number of anilines is 1. The van der Waals surface area contributed by atoms with Crippen LogP contribution >= 0.6 is 11.3 Å². The van der Waals surface area contributed by atoms with Crippen LogP contribution in [-0.4, -0.2) is 44.0 Å². The zero-order chi connectivity index (χ0) is 19.2. The molecule has 2 heterocycles. The van der Waals surface area contributed by atoms with Crippen LogP contribution in [0, 0.1) is 0 Å². The number of amides is 1. The summed E-state index contributed by atoms with van der Waals surface area (Å²) < 4.78 is 16.7. The smallest absolute Gasteiger partial charge is 0.350 e. The van der Waals surface area contributed by atoms with Gasteiger partial charge in [0.05, 0.1) is 18.9 Å². The molecule has 1 saturated heterocycles. The first-order chi connectivity index (χ1) is 13.1. The second kappa shape index (κ2) is 9.66. The summed E-state index contributed by atoms with van der Waals surface area (Å²) in [6, 6.07) is 1.94. The van der Waals surface area contributed by atoms with Gasteiger partial charge < -0.3 is 19.1 Å². The minimum absolute atomic E-state index is 0.0403. The third-order valence-electron chi connectivity index (χ3n) is 5.34. The predicted octanol–water partition coefficient (Wildman–Crippen LogP) is 4.13. The molecule has 0 radical (unpaired) electrons. The molecule has 1 aromatic heterocycles. The molecule has 0 bridgehead atoms. The molecule has 27 heavy (non-hydrogen) atoms. The Kier molecular flexibility index (Phi) is 7.26. The van der Waals surface area contributed by atoms with Crippen LogP contribution in [0.1, 0.15) is 68.0 Å². The third-order valence-corrected chi connectivity index (χ3v) is 6.22. The fourth-order valence-corrected chi connectivity index (χ4v) is 4.72. The standard InChI is InChI=1S/C20H29NO5S/c1-3-17(22)21(16-11-13-27-19(16)20(23)24-2)14-7-9-15(10-8-14)26-18-6-4-5-12-25-18/h11,13-15,18H,3-10,12H2,1-2H3. The summed E-state index contributed by atoms with van der Waals surface area (Å²) in [4.78, 5) is 27.1. The first-order valence-corrected chi connectivity index (χ1v) is 10.8. The molecule has 1 aromatic rings. The molecule has 0 spiro atoms. The van der Waals surface area contributed by atoms with Gasteiger partial charge in [0.1, 0.15) is 4.88 Å². The molecule has 1 unspecified atom stereocenters. The SMILES string of the molecule is CCC(=O)N(c1ccsc1C(=O)OC)C1CCC(OC2CCCCO2)CC1. The van der Waals surface area contributed by atoms with Crippen LogP contribution in [0.2, 0.25) is 0 Å². The highest BCUT2D eigenvalue weighted by atomic mass is 32.1. The van der Waals surface area contributed by atoms with Crippen molar-refractivity contribution < 1.29 is 23.8 Å². The fourth-order valence-electron chi connectivity index (χ4n) is 3.92. The van der Waals surface area contributed by atoms with E-state index in [2.05, 4.69) is 0 Å². The first-order valence-electron chi connectivity index (χ1n) is 9.89.